The second-order valence-electron chi connectivity index (χ2n) is 10.4. The van der Waals surface area contributed by atoms with Gasteiger partial charge in [0.25, 0.3) is 0 Å². The lowest BCUT2D eigenvalue weighted by molar-refractivity contribution is 0.0689. The van der Waals surface area contributed by atoms with Crippen LogP contribution in [0.15, 0.2) is 84.5 Å². The second kappa shape index (κ2) is 13.9. The van der Waals surface area contributed by atoms with Crippen LogP contribution in [0.1, 0.15) is 36.9 Å². The van der Waals surface area contributed by atoms with Gasteiger partial charge < -0.3 is 35.9 Å². The number of ketones is 2. The van der Waals surface area contributed by atoms with Gasteiger partial charge in [0.05, 0.1) is 49.7 Å². The number of anilines is 1. The Balaban J connectivity index is 0.000000325. The number of hydrogen-bond acceptors (Lipinski definition) is 13. The number of carboxylic acids is 1. The van der Waals surface area contributed by atoms with Crippen molar-refractivity contribution < 1.29 is 38.8 Å². The molecule has 0 amide bonds. The average Bonchev–Trinajstić information content (AvgIpc) is 3.12. The number of nitrogen functional groups attached to an aromatic ring is 1. The molecule has 6 rings (SSSR count). The van der Waals surface area contributed by atoms with Crippen molar-refractivity contribution in [3.63, 3.8) is 0 Å². The van der Waals surface area contributed by atoms with E-state index in [4.69, 9.17) is 25.7 Å². The van der Waals surface area contributed by atoms with Crippen LogP contribution in [0, 0.1) is 6.92 Å². The summed E-state index contributed by atoms with van der Waals surface area (Å²) in [6, 6.07) is 17.3. The van der Waals surface area contributed by atoms with E-state index in [-0.39, 0.29) is 73.7 Å². The molecule has 0 aliphatic heterocycles. The monoisotopic (exact) mass is 662 g/mol. The normalized spacial score (nSPS) is 12.1. The number of carboxylic acid groups (broad SMARTS) is 1. The minimum absolute atomic E-state index is 0.00906. The highest BCUT2D eigenvalue weighted by Gasteiger charge is 2.34. The number of Topliss-reactive ketones (excluding diaryl/α,β-unsaturated/α-hetero) is 2. The summed E-state index contributed by atoms with van der Waals surface area (Å²) in [5, 5.41) is 20.8. The van der Waals surface area contributed by atoms with Crippen LogP contribution in [0.3, 0.4) is 0 Å². The fourth-order valence-electron chi connectivity index (χ4n) is 5.21. The summed E-state index contributed by atoms with van der Waals surface area (Å²) in [5.74, 6) is -3.10. The Morgan fingerprint density at radius 2 is 1.37 bits per heavy atom. The lowest BCUT2D eigenvalue weighted by atomic mass is 9.93. The molecule has 248 valence electrons. The molecule has 0 radical (unpaired) electrons. The zero-order valence-corrected chi connectivity index (χ0v) is 26.7. The van der Waals surface area contributed by atoms with E-state index in [1.165, 1.54) is 52.5 Å². The lowest BCUT2D eigenvalue weighted by Gasteiger charge is -2.20. The largest absolute Gasteiger partial charge is 0.504 e. The molecule has 1 aliphatic carbocycles. The number of carbonyl (C=O) groups is 3. The first kappa shape index (κ1) is 33.5. The third-order valence-electron chi connectivity index (χ3n) is 7.56. The molecule has 1 aliphatic rings. The SMILES string of the molecule is COC1=C(N)C(=O)c2nc(-c3nc(C(=O)O)c(C)c(-c4ccc(OC)c(OC)c4O)c3N)ccc2C1=O.c1ccc(-c2ccccn2)nc1. The standard InChI is InChI=1S/C25H22N4O8.C10H8N2/c1-9-14(10-6-8-13(35-2)23(36-3)20(10)30)15(26)19(29-17(9)25(33)34)12-7-5-11-18(28-12)22(32)16(27)24(37-4)21(11)31;1-3-7-11-9(5-1)10-6-2-4-8-12-10/h5-8,30H,26-27H2,1-4H3,(H,33,34);1-8H. The number of phenolic OH excluding ortho intramolecular Hbond substituents is 1. The van der Waals surface area contributed by atoms with E-state index in [1.807, 2.05) is 36.4 Å². The Morgan fingerprint density at radius 1 is 0.735 bits per heavy atom. The molecule has 0 saturated carbocycles. The number of nitrogens with two attached hydrogens (primary N) is 2. The Labute approximate surface area is 279 Å². The van der Waals surface area contributed by atoms with Gasteiger partial charge in [-0.1, -0.05) is 12.1 Å². The average molecular weight is 663 g/mol. The molecule has 0 unspecified atom stereocenters. The first-order valence-electron chi connectivity index (χ1n) is 14.5. The summed E-state index contributed by atoms with van der Waals surface area (Å²) < 4.78 is 15.4. The number of carbonyl (C=O) groups excluding carboxylic acids is 2. The number of pyridine rings is 4. The number of aromatic hydroxyl groups is 1. The van der Waals surface area contributed by atoms with Gasteiger partial charge in [0.1, 0.15) is 17.1 Å². The fourth-order valence-corrected chi connectivity index (χ4v) is 5.21. The van der Waals surface area contributed by atoms with E-state index < -0.39 is 23.2 Å². The maximum Gasteiger partial charge on any atom is 0.354 e. The first-order valence-corrected chi connectivity index (χ1v) is 14.5. The number of phenols is 1. The number of aromatic carboxylic acids is 1. The molecule has 0 atom stereocenters. The summed E-state index contributed by atoms with van der Waals surface area (Å²) in [7, 11) is 3.95. The van der Waals surface area contributed by atoms with Crippen LogP contribution < -0.4 is 20.9 Å². The lowest BCUT2D eigenvalue weighted by Crippen LogP contribution is -2.28. The number of aromatic nitrogens is 4. The van der Waals surface area contributed by atoms with Gasteiger partial charge in [0.15, 0.2) is 23.0 Å². The van der Waals surface area contributed by atoms with Crippen molar-refractivity contribution in [2.75, 3.05) is 27.1 Å². The minimum Gasteiger partial charge on any atom is -0.504 e. The molecule has 0 spiro atoms. The highest BCUT2D eigenvalue weighted by molar-refractivity contribution is 6.25. The van der Waals surface area contributed by atoms with E-state index in [2.05, 4.69) is 19.9 Å². The maximum atomic E-state index is 12.8. The number of fused-ring (bicyclic) bond motifs is 1. The minimum atomic E-state index is -1.36. The highest BCUT2D eigenvalue weighted by atomic mass is 16.5. The number of hydrogen-bond donors (Lipinski definition) is 4. The van der Waals surface area contributed by atoms with Gasteiger partial charge >= 0.3 is 5.97 Å². The van der Waals surface area contributed by atoms with Crippen LogP contribution >= 0.6 is 0 Å². The number of ether oxygens (including phenoxy) is 3. The summed E-state index contributed by atoms with van der Waals surface area (Å²) in [4.78, 5) is 54.4. The molecule has 6 N–H and O–H groups in total. The summed E-state index contributed by atoms with van der Waals surface area (Å²) in [5.41, 5.74) is 13.4. The molecule has 14 heteroatoms. The smallest absolute Gasteiger partial charge is 0.354 e. The zero-order valence-electron chi connectivity index (χ0n) is 26.7. The van der Waals surface area contributed by atoms with Crippen molar-refractivity contribution in [3.05, 3.63) is 107 Å². The topological polar surface area (TPSA) is 223 Å². The Hall–Kier alpha value is -6.83. The van der Waals surface area contributed by atoms with Crippen LogP contribution in [0.4, 0.5) is 5.69 Å². The van der Waals surface area contributed by atoms with Gasteiger partial charge in [-0.2, -0.15) is 0 Å². The van der Waals surface area contributed by atoms with E-state index in [0.29, 0.717) is 0 Å². The second-order valence-corrected chi connectivity index (χ2v) is 10.4. The van der Waals surface area contributed by atoms with E-state index in [0.717, 1.165) is 11.4 Å². The van der Waals surface area contributed by atoms with E-state index >= 15 is 0 Å². The summed E-state index contributed by atoms with van der Waals surface area (Å²) >= 11 is 0. The number of rotatable bonds is 7. The molecule has 0 bridgehead atoms. The van der Waals surface area contributed by atoms with Crippen LogP contribution in [0.5, 0.6) is 17.2 Å². The van der Waals surface area contributed by atoms with Crippen molar-refractivity contribution >= 4 is 23.2 Å². The van der Waals surface area contributed by atoms with Crippen LogP contribution in [-0.2, 0) is 4.74 Å². The van der Waals surface area contributed by atoms with Crippen molar-refractivity contribution in [3.8, 4) is 51.2 Å². The molecule has 0 saturated heterocycles. The van der Waals surface area contributed by atoms with E-state index in [9.17, 15) is 24.6 Å². The number of methoxy groups -OCH3 is 3. The van der Waals surface area contributed by atoms with E-state index in [1.54, 1.807) is 12.4 Å². The Morgan fingerprint density at radius 3 is 1.90 bits per heavy atom. The summed E-state index contributed by atoms with van der Waals surface area (Å²) in [6.45, 7) is 1.49. The molecule has 5 aromatic rings. The Kier molecular flexibility index (Phi) is 9.50. The summed E-state index contributed by atoms with van der Waals surface area (Å²) in [6.07, 6.45) is 3.54. The van der Waals surface area contributed by atoms with Crippen LogP contribution in [0.25, 0.3) is 33.9 Å². The van der Waals surface area contributed by atoms with Crippen molar-refractivity contribution in [1.29, 1.82) is 0 Å². The van der Waals surface area contributed by atoms with Crippen LogP contribution in [-0.4, -0.2) is 69.0 Å². The molecular formula is C35H30N6O8. The Bertz CT molecular complexity index is 2100. The molecule has 4 heterocycles. The quantitative estimate of drug-likeness (QED) is 0.189. The van der Waals surface area contributed by atoms with Gasteiger partial charge in [-0.05, 0) is 61.0 Å². The van der Waals surface area contributed by atoms with Gasteiger partial charge in [0, 0.05) is 23.5 Å². The molecule has 49 heavy (non-hydrogen) atoms. The third kappa shape index (κ3) is 6.17. The molecule has 4 aromatic heterocycles. The maximum absolute atomic E-state index is 12.8. The number of allylic oxidation sites excluding steroid dienone is 2. The van der Waals surface area contributed by atoms with Crippen molar-refractivity contribution in [2.24, 2.45) is 5.73 Å². The number of nitrogens with zero attached hydrogens (tertiary/aromatic N) is 4. The van der Waals surface area contributed by atoms with Gasteiger partial charge in [0.2, 0.25) is 17.3 Å². The molecule has 14 nitrogen and oxygen atoms in total. The molecule has 0 fully saturated rings. The first-order chi connectivity index (χ1) is 23.5. The van der Waals surface area contributed by atoms with Gasteiger partial charge in [-0.3, -0.25) is 19.6 Å². The van der Waals surface area contributed by atoms with Gasteiger partial charge in [-0.25, -0.2) is 14.8 Å². The third-order valence-corrected chi connectivity index (χ3v) is 7.56. The predicted molar refractivity (Wildman–Crippen MR) is 178 cm³/mol. The zero-order chi connectivity index (χ0) is 35.4. The van der Waals surface area contributed by atoms with Crippen molar-refractivity contribution in [1.82, 2.24) is 19.9 Å². The van der Waals surface area contributed by atoms with Crippen LogP contribution in [0.2, 0.25) is 0 Å². The molecule has 1 aromatic carbocycles. The van der Waals surface area contributed by atoms with Gasteiger partial charge in [-0.15, -0.1) is 0 Å². The van der Waals surface area contributed by atoms with Crippen molar-refractivity contribution in [2.45, 2.75) is 6.92 Å². The molecular weight excluding hydrogens is 632 g/mol. The fraction of sp³-hybridized carbons (Fsp3) is 0.114. The number of benzene rings is 1. The highest BCUT2D eigenvalue weighted by Crippen LogP contribution is 2.47. The predicted octanol–water partition coefficient (Wildman–Crippen LogP) is 4.46.